The van der Waals surface area contributed by atoms with Crippen molar-refractivity contribution in [2.24, 2.45) is 0 Å². The maximum atomic E-state index is 12.5. The zero-order valence-electron chi connectivity index (χ0n) is 17.4. The second-order valence-electron chi connectivity index (χ2n) is 7.49. The molecule has 1 aliphatic heterocycles. The van der Waals surface area contributed by atoms with Crippen molar-refractivity contribution in [2.75, 3.05) is 32.7 Å². The molecule has 8 heteroatoms. The molecule has 31 heavy (non-hydrogen) atoms. The summed E-state index contributed by atoms with van der Waals surface area (Å²) in [5.74, 6) is 1.39. The SMILES string of the molecule is O=C(Oc1ccc(CSc2ncc[nH]2)cc1)N1CCN(CCCc2cccnc2)CC1. The van der Waals surface area contributed by atoms with E-state index < -0.39 is 0 Å². The average molecular weight is 438 g/mol. The van der Waals surface area contributed by atoms with E-state index in [-0.39, 0.29) is 6.09 Å². The Morgan fingerprint density at radius 1 is 1.06 bits per heavy atom. The minimum Gasteiger partial charge on any atom is -0.410 e. The number of carbonyl (C=O) groups is 1. The third-order valence-corrected chi connectivity index (χ3v) is 6.24. The Balaban J connectivity index is 1.16. The predicted octanol–water partition coefficient (Wildman–Crippen LogP) is 3.85. The van der Waals surface area contributed by atoms with Gasteiger partial charge in [0.1, 0.15) is 5.75 Å². The molecule has 0 aliphatic carbocycles. The summed E-state index contributed by atoms with van der Waals surface area (Å²) in [5, 5.41) is 0.895. The van der Waals surface area contributed by atoms with Gasteiger partial charge in [-0.3, -0.25) is 9.88 Å². The van der Waals surface area contributed by atoms with Gasteiger partial charge in [-0.2, -0.15) is 0 Å². The molecule has 1 saturated heterocycles. The maximum Gasteiger partial charge on any atom is 0.415 e. The number of imidazole rings is 1. The molecular formula is C23H27N5O2S. The highest BCUT2D eigenvalue weighted by molar-refractivity contribution is 7.98. The van der Waals surface area contributed by atoms with E-state index in [4.69, 9.17) is 4.74 Å². The fourth-order valence-corrected chi connectivity index (χ4v) is 4.29. The van der Waals surface area contributed by atoms with Crippen LogP contribution in [0.15, 0.2) is 66.3 Å². The van der Waals surface area contributed by atoms with Crippen molar-refractivity contribution < 1.29 is 9.53 Å². The van der Waals surface area contributed by atoms with Gasteiger partial charge in [0.15, 0.2) is 5.16 Å². The Hall–Kier alpha value is -2.84. The van der Waals surface area contributed by atoms with Gasteiger partial charge >= 0.3 is 6.09 Å². The number of nitrogens with one attached hydrogen (secondary N) is 1. The van der Waals surface area contributed by atoms with Crippen molar-refractivity contribution in [3.8, 4) is 5.75 Å². The lowest BCUT2D eigenvalue weighted by Gasteiger charge is -2.34. The van der Waals surface area contributed by atoms with Crippen LogP contribution in [0.5, 0.6) is 5.75 Å². The molecule has 1 N–H and O–H groups in total. The van der Waals surface area contributed by atoms with Crippen LogP contribution in [0.25, 0.3) is 0 Å². The van der Waals surface area contributed by atoms with E-state index in [0.29, 0.717) is 18.8 Å². The maximum absolute atomic E-state index is 12.5. The molecule has 0 spiro atoms. The molecule has 0 saturated carbocycles. The lowest BCUT2D eigenvalue weighted by atomic mass is 10.1. The number of amides is 1. The number of carbonyl (C=O) groups excluding carboxylic acids is 1. The van der Waals surface area contributed by atoms with E-state index in [2.05, 4.69) is 25.9 Å². The van der Waals surface area contributed by atoms with Crippen LogP contribution in [-0.2, 0) is 12.2 Å². The first-order chi connectivity index (χ1) is 15.3. The van der Waals surface area contributed by atoms with Crippen molar-refractivity contribution in [3.05, 3.63) is 72.3 Å². The molecule has 3 aromatic rings. The van der Waals surface area contributed by atoms with Crippen LogP contribution in [0.3, 0.4) is 0 Å². The number of ether oxygens (including phenoxy) is 1. The standard InChI is InChI=1S/C23H27N5O2S/c29-23(30-21-7-5-20(6-8-21)18-31-22-25-10-11-26-22)28-15-13-27(14-16-28)12-2-4-19-3-1-9-24-17-19/h1,3,5-11,17H,2,4,12-16,18H2,(H,25,26). The number of benzene rings is 1. The zero-order valence-corrected chi connectivity index (χ0v) is 18.3. The van der Waals surface area contributed by atoms with E-state index in [1.54, 1.807) is 29.1 Å². The van der Waals surface area contributed by atoms with Gasteiger partial charge < -0.3 is 14.6 Å². The summed E-state index contributed by atoms with van der Waals surface area (Å²) in [6.45, 7) is 4.19. The minimum absolute atomic E-state index is 0.271. The van der Waals surface area contributed by atoms with Crippen molar-refractivity contribution >= 4 is 17.9 Å². The summed E-state index contributed by atoms with van der Waals surface area (Å²) >= 11 is 1.64. The molecule has 3 heterocycles. The van der Waals surface area contributed by atoms with Crippen molar-refractivity contribution in [2.45, 2.75) is 23.8 Å². The van der Waals surface area contributed by atoms with Crippen LogP contribution in [0.2, 0.25) is 0 Å². The van der Waals surface area contributed by atoms with Gasteiger partial charge in [-0.1, -0.05) is 30.0 Å². The van der Waals surface area contributed by atoms with Crippen molar-refractivity contribution in [3.63, 3.8) is 0 Å². The normalized spacial score (nSPS) is 14.5. The van der Waals surface area contributed by atoms with Gasteiger partial charge in [-0.05, 0) is 48.7 Å². The Kier molecular flexibility index (Phi) is 7.57. The molecule has 4 rings (SSSR count). The lowest BCUT2D eigenvalue weighted by Crippen LogP contribution is -2.49. The Morgan fingerprint density at radius 2 is 1.90 bits per heavy atom. The van der Waals surface area contributed by atoms with Crippen LogP contribution < -0.4 is 4.74 Å². The van der Waals surface area contributed by atoms with Crippen LogP contribution >= 0.6 is 11.8 Å². The Morgan fingerprint density at radius 3 is 2.61 bits per heavy atom. The highest BCUT2D eigenvalue weighted by Gasteiger charge is 2.22. The highest BCUT2D eigenvalue weighted by atomic mass is 32.2. The summed E-state index contributed by atoms with van der Waals surface area (Å²) in [6.07, 6.45) is 9.15. The molecule has 1 aliphatic rings. The zero-order chi connectivity index (χ0) is 21.3. The molecule has 0 atom stereocenters. The molecule has 0 unspecified atom stereocenters. The quantitative estimate of drug-likeness (QED) is 0.540. The number of aromatic nitrogens is 3. The fourth-order valence-electron chi connectivity index (χ4n) is 3.51. The molecule has 1 fully saturated rings. The van der Waals surface area contributed by atoms with Gasteiger partial charge in [0.2, 0.25) is 0 Å². The van der Waals surface area contributed by atoms with Crippen molar-refractivity contribution in [1.82, 2.24) is 24.8 Å². The fraction of sp³-hybridized carbons (Fsp3) is 0.348. The van der Waals surface area contributed by atoms with Gasteiger partial charge in [0, 0.05) is 56.7 Å². The first-order valence-electron chi connectivity index (χ1n) is 10.6. The van der Waals surface area contributed by atoms with E-state index in [0.717, 1.165) is 48.9 Å². The molecule has 162 valence electrons. The monoisotopic (exact) mass is 437 g/mol. The van der Waals surface area contributed by atoms with Gasteiger partial charge in [0.25, 0.3) is 0 Å². The second kappa shape index (κ2) is 11.0. The summed E-state index contributed by atoms with van der Waals surface area (Å²) in [7, 11) is 0. The second-order valence-corrected chi connectivity index (χ2v) is 8.45. The van der Waals surface area contributed by atoms with Crippen LogP contribution in [0.4, 0.5) is 4.79 Å². The highest BCUT2D eigenvalue weighted by Crippen LogP contribution is 2.21. The smallest absolute Gasteiger partial charge is 0.410 e. The number of pyridine rings is 1. The molecule has 0 radical (unpaired) electrons. The van der Waals surface area contributed by atoms with Gasteiger partial charge in [-0.15, -0.1) is 0 Å². The number of hydrogen-bond acceptors (Lipinski definition) is 6. The average Bonchev–Trinajstić information content (AvgIpc) is 3.34. The van der Waals surface area contributed by atoms with Crippen molar-refractivity contribution in [1.29, 1.82) is 0 Å². The third kappa shape index (κ3) is 6.57. The number of aryl methyl sites for hydroxylation is 1. The number of hydrogen-bond donors (Lipinski definition) is 1. The minimum atomic E-state index is -0.271. The lowest BCUT2D eigenvalue weighted by molar-refractivity contribution is 0.110. The van der Waals surface area contributed by atoms with Gasteiger partial charge in [-0.25, -0.2) is 9.78 Å². The molecule has 1 amide bonds. The van der Waals surface area contributed by atoms with E-state index in [1.165, 1.54) is 5.56 Å². The molecule has 2 aromatic heterocycles. The molecule has 1 aromatic carbocycles. The van der Waals surface area contributed by atoms with E-state index in [9.17, 15) is 4.79 Å². The number of aromatic amines is 1. The number of thioether (sulfide) groups is 1. The molecule has 7 nitrogen and oxygen atoms in total. The number of piperazine rings is 1. The number of nitrogens with zero attached hydrogens (tertiary/aromatic N) is 4. The van der Waals surface area contributed by atoms with E-state index >= 15 is 0 Å². The summed E-state index contributed by atoms with van der Waals surface area (Å²) in [6, 6.07) is 11.8. The number of rotatable bonds is 8. The van der Waals surface area contributed by atoms with E-state index in [1.807, 2.05) is 42.7 Å². The van der Waals surface area contributed by atoms with Gasteiger partial charge in [0.05, 0.1) is 0 Å². The summed E-state index contributed by atoms with van der Waals surface area (Å²) < 4.78 is 5.57. The predicted molar refractivity (Wildman–Crippen MR) is 121 cm³/mol. The Labute approximate surface area is 186 Å². The van der Waals surface area contributed by atoms with Crippen LogP contribution in [-0.4, -0.2) is 63.6 Å². The molecular weight excluding hydrogens is 410 g/mol. The number of H-pyrrole nitrogens is 1. The van der Waals surface area contributed by atoms with Crippen LogP contribution in [0, 0.1) is 0 Å². The first kappa shape index (κ1) is 21.4. The molecule has 0 bridgehead atoms. The Bertz CT molecular complexity index is 926. The third-order valence-electron chi connectivity index (χ3n) is 5.27. The van der Waals surface area contributed by atoms with Crippen LogP contribution in [0.1, 0.15) is 17.5 Å². The summed E-state index contributed by atoms with van der Waals surface area (Å²) in [4.78, 5) is 28.1. The first-order valence-corrected chi connectivity index (χ1v) is 11.5. The topological polar surface area (TPSA) is 74.3 Å². The summed E-state index contributed by atoms with van der Waals surface area (Å²) in [5.41, 5.74) is 2.43. The largest absolute Gasteiger partial charge is 0.415 e.